The second-order valence-electron chi connectivity index (χ2n) is 4.96. The molecule has 0 saturated heterocycles. The molecule has 4 nitrogen and oxygen atoms in total. The third-order valence-electron chi connectivity index (χ3n) is 3.13. The second kappa shape index (κ2) is 7.49. The average molecular weight is 352 g/mol. The van der Waals surface area contributed by atoms with Crippen LogP contribution in [0.5, 0.6) is 5.75 Å². The van der Waals surface area contributed by atoms with Crippen LogP contribution in [0.1, 0.15) is 24.2 Å². The van der Waals surface area contributed by atoms with Crippen LogP contribution < -0.4 is 10.1 Å². The summed E-state index contributed by atoms with van der Waals surface area (Å²) in [4.78, 5) is 23.4. The Balaban J connectivity index is 2.02. The van der Waals surface area contributed by atoms with Crippen LogP contribution in [0.2, 0.25) is 10.0 Å². The van der Waals surface area contributed by atoms with Gasteiger partial charge in [-0.15, -0.1) is 0 Å². The van der Waals surface area contributed by atoms with Gasteiger partial charge in [-0.05, 0) is 50.2 Å². The first-order valence-electron chi connectivity index (χ1n) is 6.90. The van der Waals surface area contributed by atoms with E-state index in [0.717, 1.165) is 0 Å². The molecule has 0 unspecified atom stereocenters. The fraction of sp³-hybridized carbons (Fsp3) is 0.176. The minimum absolute atomic E-state index is 0.0322. The Bertz CT molecular complexity index is 729. The van der Waals surface area contributed by atoms with Gasteiger partial charge in [0.15, 0.2) is 11.9 Å². The molecule has 0 radical (unpaired) electrons. The van der Waals surface area contributed by atoms with E-state index in [9.17, 15) is 9.59 Å². The molecule has 0 aliphatic heterocycles. The SMILES string of the molecule is CC(=O)c1ccc(NC(=O)[C@H](C)Oc2cc(Cl)ccc2Cl)cc1. The van der Waals surface area contributed by atoms with Crippen molar-refractivity contribution in [3.8, 4) is 5.75 Å². The molecule has 0 aromatic heterocycles. The number of halogens is 2. The molecular formula is C17H15Cl2NO3. The van der Waals surface area contributed by atoms with Crippen molar-refractivity contribution in [1.29, 1.82) is 0 Å². The predicted octanol–water partition coefficient (Wildman–Crippen LogP) is 4.60. The van der Waals surface area contributed by atoms with Gasteiger partial charge in [0.25, 0.3) is 5.91 Å². The number of anilines is 1. The Morgan fingerprint density at radius 2 is 1.74 bits per heavy atom. The average Bonchev–Trinajstić information content (AvgIpc) is 2.51. The monoisotopic (exact) mass is 351 g/mol. The van der Waals surface area contributed by atoms with Crippen LogP contribution in [0.15, 0.2) is 42.5 Å². The van der Waals surface area contributed by atoms with Crippen LogP contribution in [0, 0.1) is 0 Å². The second-order valence-corrected chi connectivity index (χ2v) is 5.80. The highest BCUT2D eigenvalue weighted by atomic mass is 35.5. The zero-order valence-electron chi connectivity index (χ0n) is 12.6. The number of rotatable bonds is 5. The number of amides is 1. The summed E-state index contributed by atoms with van der Waals surface area (Å²) in [5.74, 6) is -0.0273. The zero-order chi connectivity index (χ0) is 17.0. The number of carbonyl (C=O) groups excluding carboxylic acids is 2. The van der Waals surface area contributed by atoms with Gasteiger partial charge in [-0.25, -0.2) is 0 Å². The minimum Gasteiger partial charge on any atom is -0.479 e. The summed E-state index contributed by atoms with van der Waals surface area (Å²) in [7, 11) is 0. The third kappa shape index (κ3) is 4.71. The van der Waals surface area contributed by atoms with E-state index in [0.29, 0.717) is 27.0 Å². The van der Waals surface area contributed by atoms with E-state index in [4.69, 9.17) is 27.9 Å². The summed E-state index contributed by atoms with van der Waals surface area (Å²) in [6.45, 7) is 3.09. The summed E-state index contributed by atoms with van der Waals surface area (Å²) in [5.41, 5.74) is 1.16. The van der Waals surface area contributed by atoms with Crippen LogP contribution in [-0.2, 0) is 4.79 Å². The molecule has 2 aromatic carbocycles. The van der Waals surface area contributed by atoms with Crippen LogP contribution in [-0.4, -0.2) is 17.8 Å². The number of hydrogen-bond acceptors (Lipinski definition) is 3. The van der Waals surface area contributed by atoms with Crippen molar-refractivity contribution in [2.75, 3.05) is 5.32 Å². The van der Waals surface area contributed by atoms with Crippen molar-refractivity contribution in [2.45, 2.75) is 20.0 Å². The number of benzene rings is 2. The Kier molecular flexibility index (Phi) is 5.64. The maximum Gasteiger partial charge on any atom is 0.265 e. The Morgan fingerprint density at radius 3 is 2.35 bits per heavy atom. The van der Waals surface area contributed by atoms with E-state index in [2.05, 4.69) is 5.32 Å². The quantitative estimate of drug-likeness (QED) is 0.800. The summed E-state index contributed by atoms with van der Waals surface area (Å²) >= 11 is 11.9. The normalized spacial score (nSPS) is 11.7. The number of Topliss-reactive ketones (excluding diaryl/α,β-unsaturated/α-hetero) is 1. The maximum absolute atomic E-state index is 12.2. The molecule has 2 aromatic rings. The molecule has 0 heterocycles. The van der Waals surface area contributed by atoms with Crippen molar-refractivity contribution in [2.24, 2.45) is 0 Å². The summed E-state index contributed by atoms with van der Waals surface area (Å²) in [6.07, 6.45) is -0.765. The summed E-state index contributed by atoms with van der Waals surface area (Å²) in [6, 6.07) is 11.4. The molecule has 1 atom stereocenters. The number of hydrogen-bond donors (Lipinski definition) is 1. The molecule has 120 valence electrons. The van der Waals surface area contributed by atoms with Gasteiger partial charge in [0.2, 0.25) is 0 Å². The van der Waals surface area contributed by atoms with Gasteiger partial charge in [-0.2, -0.15) is 0 Å². The smallest absolute Gasteiger partial charge is 0.265 e. The fourth-order valence-corrected chi connectivity index (χ4v) is 2.17. The standard InChI is InChI=1S/C17H15Cl2NO3/c1-10(21)12-3-6-14(7-4-12)20-17(22)11(2)23-16-9-13(18)5-8-15(16)19/h3-9,11H,1-2H3,(H,20,22)/t11-/m0/s1. The van der Waals surface area contributed by atoms with Crippen molar-refractivity contribution < 1.29 is 14.3 Å². The fourth-order valence-electron chi connectivity index (χ4n) is 1.84. The summed E-state index contributed by atoms with van der Waals surface area (Å²) < 4.78 is 5.54. The van der Waals surface area contributed by atoms with E-state index in [1.54, 1.807) is 49.4 Å². The Labute approximate surface area is 144 Å². The highest BCUT2D eigenvalue weighted by molar-refractivity contribution is 6.34. The van der Waals surface area contributed by atoms with Crippen LogP contribution in [0.3, 0.4) is 0 Å². The molecule has 0 aliphatic carbocycles. The first-order valence-corrected chi connectivity index (χ1v) is 7.66. The lowest BCUT2D eigenvalue weighted by atomic mass is 10.1. The molecule has 2 rings (SSSR count). The van der Waals surface area contributed by atoms with Crippen molar-refractivity contribution in [3.05, 3.63) is 58.1 Å². The first-order chi connectivity index (χ1) is 10.9. The highest BCUT2D eigenvalue weighted by Crippen LogP contribution is 2.28. The van der Waals surface area contributed by atoms with Crippen LogP contribution in [0.25, 0.3) is 0 Å². The van der Waals surface area contributed by atoms with E-state index in [1.807, 2.05) is 0 Å². The van der Waals surface area contributed by atoms with Crippen molar-refractivity contribution in [3.63, 3.8) is 0 Å². The summed E-state index contributed by atoms with van der Waals surface area (Å²) in [5, 5.41) is 3.56. The van der Waals surface area contributed by atoms with E-state index in [-0.39, 0.29) is 11.7 Å². The largest absolute Gasteiger partial charge is 0.479 e. The van der Waals surface area contributed by atoms with Gasteiger partial charge >= 0.3 is 0 Å². The molecule has 0 saturated carbocycles. The number of carbonyl (C=O) groups is 2. The highest BCUT2D eigenvalue weighted by Gasteiger charge is 2.16. The van der Waals surface area contributed by atoms with Crippen LogP contribution in [0.4, 0.5) is 5.69 Å². The van der Waals surface area contributed by atoms with E-state index < -0.39 is 6.10 Å². The third-order valence-corrected chi connectivity index (χ3v) is 3.67. The molecule has 6 heteroatoms. The molecule has 23 heavy (non-hydrogen) atoms. The molecule has 0 bridgehead atoms. The number of nitrogens with one attached hydrogen (secondary N) is 1. The van der Waals surface area contributed by atoms with Crippen LogP contribution >= 0.6 is 23.2 Å². The lowest BCUT2D eigenvalue weighted by Gasteiger charge is -2.16. The van der Waals surface area contributed by atoms with Gasteiger partial charge in [-0.1, -0.05) is 23.2 Å². The molecule has 1 amide bonds. The van der Waals surface area contributed by atoms with Gasteiger partial charge in [0, 0.05) is 22.3 Å². The Hall–Kier alpha value is -2.04. The predicted molar refractivity (Wildman–Crippen MR) is 91.6 cm³/mol. The minimum atomic E-state index is -0.765. The number of ether oxygens (including phenoxy) is 1. The molecule has 0 fully saturated rings. The molecular weight excluding hydrogens is 337 g/mol. The molecule has 1 N–H and O–H groups in total. The maximum atomic E-state index is 12.2. The van der Waals surface area contributed by atoms with Gasteiger partial charge in [0.1, 0.15) is 5.75 Å². The Morgan fingerprint density at radius 1 is 1.09 bits per heavy atom. The zero-order valence-corrected chi connectivity index (χ0v) is 14.1. The topological polar surface area (TPSA) is 55.4 Å². The lowest BCUT2D eigenvalue weighted by Crippen LogP contribution is -2.30. The lowest BCUT2D eigenvalue weighted by molar-refractivity contribution is -0.122. The molecule has 0 spiro atoms. The van der Waals surface area contributed by atoms with Gasteiger partial charge < -0.3 is 10.1 Å². The first kappa shape index (κ1) is 17.3. The van der Waals surface area contributed by atoms with E-state index in [1.165, 1.54) is 6.92 Å². The van der Waals surface area contributed by atoms with Crippen molar-refractivity contribution in [1.82, 2.24) is 0 Å². The van der Waals surface area contributed by atoms with Gasteiger partial charge in [-0.3, -0.25) is 9.59 Å². The van der Waals surface area contributed by atoms with Gasteiger partial charge in [0.05, 0.1) is 5.02 Å². The number of ketones is 1. The van der Waals surface area contributed by atoms with E-state index >= 15 is 0 Å². The molecule has 0 aliphatic rings. The van der Waals surface area contributed by atoms with Crippen molar-refractivity contribution >= 4 is 40.6 Å².